The molecule has 4 rings (SSSR count). The number of methoxy groups -OCH3 is 3. The fourth-order valence-electron chi connectivity index (χ4n) is 7.48. The van der Waals surface area contributed by atoms with Gasteiger partial charge >= 0.3 is 24.1 Å². The molecule has 2 saturated heterocycles. The molecule has 0 radical (unpaired) electrons. The van der Waals surface area contributed by atoms with Gasteiger partial charge in [0.15, 0.2) is 0 Å². The lowest BCUT2D eigenvalue weighted by Gasteiger charge is -2.39. The van der Waals surface area contributed by atoms with E-state index in [-0.39, 0.29) is 42.1 Å². The van der Waals surface area contributed by atoms with E-state index in [4.69, 9.17) is 14.2 Å². The van der Waals surface area contributed by atoms with Gasteiger partial charge in [-0.05, 0) is 50.4 Å². The lowest BCUT2D eigenvalue weighted by molar-refractivity contribution is -0.148. The highest BCUT2D eigenvalue weighted by molar-refractivity contribution is 5.74. The van der Waals surface area contributed by atoms with E-state index in [0.29, 0.717) is 50.6 Å². The van der Waals surface area contributed by atoms with Gasteiger partial charge in [-0.25, -0.2) is 9.59 Å². The van der Waals surface area contributed by atoms with E-state index in [9.17, 15) is 24.3 Å². The van der Waals surface area contributed by atoms with Crippen molar-refractivity contribution in [3.05, 3.63) is 0 Å². The van der Waals surface area contributed by atoms with Crippen molar-refractivity contribution in [2.45, 2.75) is 115 Å². The van der Waals surface area contributed by atoms with Crippen LogP contribution in [0.15, 0.2) is 0 Å². The number of esters is 1. The fraction of sp³-hybridized carbons (Fsp3) is 0.871. The molecule has 2 aliphatic heterocycles. The Morgan fingerprint density at radius 1 is 0.610 bits per heavy atom. The van der Waals surface area contributed by atoms with Gasteiger partial charge in [-0.1, -0.05) is 64.2 Å². The van der Waals surface area contributed by atoms with Crippen LogP contribution in [-0.2, 0) is 23.8 Å². The van der Waals surface area contributed by atoms with Gasteiger partial charge in [-0.2, -0.15) is 0 Å². The van der Waals surface area contributed by atoms with Crippen molar-refractivity contribution in [3.8, 4) is 0 Å². The maximum absolute atomic E-state index is 12.0. The monoisotopic (exact) mass is 580 g/mol. The minimum absolute atomic E-state index is 0.0281. The lowest BCUT2D eigenvalue weighted by Crippen LogP contribution is -2.48. The number of piperidine rings is 2. The average Bonchev–Trinajstić information content (AvgIpc) is 3.01. The van der Waals surface area contributed by atoms with Crippen LogP contribution in [0.4, 0.5) is 9.59 Å². The zero-order valence-corrected chi connectivity index (χ0v) is 25.4. The summed E-state index contributed by atoms with van der Waals surface area (Å²) in [6.07, 6.45) is 16.5. The highest BCUT2D eigenvalue weighted by Gasteiger charge is 2.38. The molecule has 0 bridgehead atoms. The lowest BCUT2D eigenvalue weighted by atomic mass is 9.80. The van der Waals surface area contributed by atoms with Crippen LogP contribution in [-0.4, -0.2) is 85.5 Å². The van der Waals surface area contributed by atoms with E-state index >= 15 is 0 Å². The Morgan fingerprint density at radius 2 is 1.02 bits per heavy atom. The second-order valence-corrected chi connectivity index (χ2v) is 12.4. The van der Waals surface area contributed by atoms with Crippen LogP contribution in [0.3, 0.4) is 0 Å². The molecular weight excluding hydrogens is 528 g/mol. The molecule has 2 heterocycles. The highest BCUT2D eigenvalue weighted by Crippen LogP contribution is 2.35. The first-order chi connectivity index (χ1) is 19.8. The molecule has 10 heteroatoms. The normalized spacial score (nSPS) is 27.7. The first-order valence-corrected chi connectivity index (χ1v) is 15.8. The van der Waals surface area contributed by atoms with Gasteiger partial charge in [0.2, 0.25) is 0 Å². The summed E-state index contributed by atoms with van der Waals surface area (Å²) in [5.41, 5.74) is 0. The van der Waals surface area contributed by atoms with Crippen molar-refractivity contribution in [2.24, 2.45) is 23.7 Å². The number of hydrogen-bond donors (Lipinski definition) is 1. The zero-order chi connectivity index (χ0) is 29.8. The summed E-state index contributed by atoms with van der Waals surface area (Å²) in [5.74, 6) is 0.0334. The predicted molar refractivity (Wildman–Crippen MR) is 153 cm³/mol. The number of carboxylic acid groups (broad SMARTS) is 1. The second kappa shape index (κ2) is 16.8. The van der Waals surface area contributed by atoms with Gasteiger partial charge < -0.3 is 29.1 Å². The smallest absolute Gasteiger partial charge is 0.409 e. The van der Waals surface area contributed by atoms with Gasteiger partial charge in [0.25, 0.3) is 0 Å². The summed E-state index contributed by atoms with van der Waals surface area (Å²) < 4.78 is 14.6. The number of hydrogen-bond acceptors (Lipinski definition) is 7. The third-order valence-corrected chi connectivity index (χ3v) is 9.79. The van der Waals surface area contributed by atoms with Crippen LogP contribution in [0.2, 0.25) is 0 Å². The van der Waals surface area contributed by atoms with Crippen molar-refractivity contribution in [2.75, 3.05) is 34.4 Å². The van der Waals surface area contributed by atoms with E-state index in [2.05, 4.69) is 0 Å². The van der Waals surface area contributed by atoms with E-state index < -0.39 is 5.97 Å². The summed E-state index contributed by atoms with van der Waals surface area (Å²) in [7, 11) is 4.25. The molecular formula is C31H52N2O8. The van der Waals surface area contributed by atoms with Crippen LogP contribution in [0.5, 0.6) is 0 Å². The SMILES string of the molecule is COC(=O)C1CCN(C(=O)OC)C(CC2CCCCC2)C1.COC(=O)N1CCC(C(=O)O)CC1CC1CCCCC1. The molecule has 4 unspecified atom stereocenters. The summed E-state index contributed by atoms with van der Waals surface area (Å²) in [6, 6.07) is 0.138. The Labute approximate surface area is 245 Å². The zero-order valence-electron chi connectivity index (χ0n) is 25.4. The van der Waals surface area contributed by atoms with Crippen molar-refractivity contribution < 1.29 is 38.5 Å². The van der Waals surface area contributed by atoms with Crippen LogP contribution in [0.1, 0.15) is 103 Å². The van der Waals surface area contributed by atoms with Crippen molar-refractivity contribution in [1.29, 1.82) is 0 Å². The summed E-state index contributed by atoms with van der Waals surface area (Å²) in [6.45, 7) is 1.09. The Balaban J connectivity index is 0.000000226. The first-order valence-electron chi connectivity index (χ1n) is 15.8. The van der Waals surface area contributed by atoms with E-state index in [1.807, 2.05) is 4.90 Å². The van der Waals surface area contributed by atoms with Crippen molar-refractivity contribution in [3.63, 3.8) is 0 Å². The predicted octanol–water partition coefficient (Wildman–Crippen LogP) is 5.87. The molecule has 1 N–H and O–H groups in total. The van der Waals surface area contributed by atoms with Crippen LogP contribution >= 0.6 is 0 Å². The topological polar surface area (TPSA) is 123 Å². The molecule has 2 aliphatic carbocycles. The van der Waals surface area contributed by atoms with Gasteiger partial charge in [-0.15, -0.1) is 0 Å². The van der Waals surface area contributed by atoms with Gasteiger partial charge in [0, 0.05) is 25.2 Å². The molecule has 0 spiro atoms. The molecule has 0 aromatic carbocycles. The molecule has 0 aromatic heterocycles. The number of aliphatic carboxylic acids is 1. The number of carbonyl (C=O) groups is 4. The van der Waals surface area contributed by atoms with Gasteiger partial charge in [0.1, 0.15) is 0 Å². The number of amides is 2. The summed E-state index contributed by atoms with van der Waals surface area (Å²) >= 11 is 0. The molecule has 234 valence electrons. The Morgan fingerprint density at radius 3 is 1.41 bits per heavy atom. The van der Waals surface area contributed by atoms with Gasteiger partial charge in [0.05, 0.1) is 33.2 Å². The minimum Gasteiger partial charge on any atom is -0.481 e. The maximum Gasteiger partial charge on any atom is 0.409 e. The average molecular weight is 581 g/mol. The number of nitrogens with zero attached hydrogens (tertiary/aromatic N) is 2. The van der Waals surface area contributed by atoms with Crippen molar-refractivity contribution >= 4 is 24.1 Å². The Hall–Kier alpha value is -2.52. The first kappa shape index (κ1) is 33.0. The third kappa shape index (κ3) is 9.77. The van der Waals surface area contributed by atoms with Gasteiger partial charge in [-0.3, -0.25) is 9.59 Å². The van der Waals surface area contributed by atoms with E-state index in [1.54, 1.807) is 4.90 Å². The molecule has 0 aromatic rings. The number of rotatable bonds is 6. The number of ether oxygens (including phenoxy) is 3. The van der Waals surface area contributed by atoms with Crippen LogP contribution < -0.4 is 0 Å². The number of likely N-dealkylation sites (tertiary alicyclic amines) is 2. The second-order valence-electron chi connectivity index (χ2n) is 12.4. The maximum atomic E-state index is 12.0. The summed E-state index contributed by atoms with van der Waals surface area (Å²) in [4.78, 5) is 50.4. The fourth-order valence-corrected chi connectivity index (χ4v) is 7.48. The summed E-state index contributed by atoms with van der Waals surface area (Å²) in [5, 5.41) is 9.21. The molecule has 10 nitrogen and oxygen atoms in total. The van der Waals surface area contributed by atoms with Crippen LogP contribution in [0.25, 0.3) is 0 Å². The number of carboxylic acids is 1. The molecule has 4 atom stereocenters. The Kier molecular flexibility index (Phi) is 13.5. The largest absolute Gasteiger partial charge is 0.481 e. The van der Waals surface area contributed by atoms with E-state index in [1.165, 1.54) is 85.5 Å². The number of carbonyl (C=O) groups excluding carboxylic acids is 3. The Bertz CT molecular complexity index is 855. The third-order valence-electron chi connectivity index (χ3n) is 9.79. The molecule has 41 heavy (non-hydrogen) atoms. The standard InChI is InChI=1S/C16H27NO4.C15H25NO4/c1-20-15(18)13-8-9-17(16(19)21-2)14(11-13)10-12-6-4-3-5-7-12;1-20-15(19)16-8-7-12(14(17)18)10-13(16)9-11-5-3-2-4-6-11/h12-14H,3-11H2,1-2H3;11-13H,2-10H2,1H3,(H,17,18). The quantitative estimate of drug-likeness (QED) is 0.306. The van der Waals surface area contributed by atoms with Crippen LogP contribution in [0, 0.1) is 23.7 Å². The molecule has 2 amide bonds. The molecule has 4 fully saturated rings. The van der Waals surface area contributed by atoms with E-state index in [0.717, 1.165) is 12.8 Å². The van der Waals surface area contributed by atoms with Crippen molar-refractivity contribution in [1.82, 2.24) is 9.80 Å². The minimum atomic E-state index is -0.733. The molecule has 4 aliphatic rings. The molecule has 2 saturated carbocycles. The highest BCUT2D eigenvalue weighted by atomic mass is 16.5.